The first-order valence-electron chi connectivity index (χ1n) is 10.9. The standard InChI is InChI=1S/C28H27NO3/c1-2-8-20-13-16-23(17-14-20)32-19-26(31)29-28(22-10-4-3-5-11-22)27-24-12-7-6-9-21(24)15-18-25(27)30/h3-7,9-18,28,30H,2,8,19H2,1H3,(H,29,31). The highest BCUT2D eigenvalue weighted by atomic mass is 16.5. The summed E-state index contributed by atoms with van der Waals surface area (Å²) in [6, 6.07) is 28.4. The van der Waals surface area contributed by atoms with Crippen molar-refractivity contribution < 1.29 is 14.6 Å². The average Bonchev–Trinajstić information content (AvgIpc) is 2.83. The molecular formula is C28H27NO3. The van der Waals surface area contributed by atoms with Gasteiger partial charge in [-0.15, -0.1) is 0 Å². The summed E-state index contributed by atoms with van der Waals surface area (Å²) < 4.78 is 5.72. The maximum Gasteiger partial charge on any atom is 0.258 e. The lowest BCUT2D eigenvalue weighted by molar-refractivity contribution is -0.123. The Morgan fingerprint density at radius 2 is 1.62 bits per heavy atom. The van der Waals surface area contributed by atoms with Crippen molar-refractivity contribution in [2.45, 2.75) is 25.8 Å². The van der Waals surface area contributed by atoms with Gasteiger partial charge in [-0.2, -0.15) is 0 Å². The van der Waals surface area contributed by atoms with Gasteiger partial charge in [0.25, 0.3) is 5.91 Å². The second kappa shape index (κ2) is 10.0. The van der Waals surface area contributed by atoms with Gasteiger partial charge in [-0.05, 0) is 46.5 Å². The van der Waals surface area contributed by atoms with E-state index in [9.17, 15) is 9.90 Å². The Hall–Kier alpha value is -3.79. The number of phenolic OH excluding ortho intramolecular Hbond substituents is 1. The van der Waals surface area contributed by atoms with Crippen LogP contribution in [0.2, 0.25) is 0 Å². The third-order valence-corrected chi connectivity index (χ3v) is 5.51. The van der Waals surface area contributed by atoms with Crippen molar-refractivity contribution in [2.24, 2.45) is 0 Å². The molecule has 0 saturated carbocycles. The van der Waals surface area contributed by atoms with Crippen LogP contribution in [0.15, 0.2) is 91.0 Å². The maximum absolute atomic E-state index is 12.9. The maximum atomic E-state index is 12.9. The van der Waals surface area contributed by atoms with Crippen molar-refractivity contribution in [1.29, 1.82) is 0 Å². The number of benzene rings is 4. The SMILES string of the molecule is CCCc1ccc(OCC(=O)NC(c2ccccc2)c2c(O)ccc3ccccc23)cc1. The molecule has 0 bridgehead atoms. The topological polar surface area (TPSA) is 58.6 Å². The third kappa shape index (κ3) is 4.92. The van der Waals surface area contributed by atoms with Gasteiger partial charge in [-0.25, -0.2) is 0 Å². The normalized spacial score (nSPS) is 11.8. The number of aryl methyl sites for hydroxylation is 1. The predicted molar refractivity (Wildman–Crippen MR) is 128 cm³/mol. The molecule has 4 rings (SSSR count). The van der Waals surface area contributed by atoms with Crippen LogP contribution in [0.25, 0.3) is 10.8 Å². The lowest BCUT2D eigenvalue weighted by atomic mass is 9.92. The summed E-state index contributed by atoms with van der Waals surface area (Å²) in [4.78, 5) is 12.9. The van der Waals surface area contributed by atoms with Crippen molar-refractivity contribution in [3.05, 3.63) is 108 Å². The largest absolute Gasteiger partial charge is 0.508 e. The van der Waals surface area contributed by atoms with Gasteiger partial charge < -0.3 is 15.2 Å². The molecule has 32 heavy (non-hydrogen) atoms. The van der Waals surface area contributed by atoms with Crippen molar-refractivity contribution in [1.82, 2.24) is 5.32 Å². The van der Waals surface area contributed by atoms with Crippen LogP contribution in [-0.4, -0.2) is 17.6 Å². The monoisotopic (exact) mass is 425 g/mol. The molecule has 4 nitrogen and oxygen atoms in total. The highest BCUT2D eigenvalue weighted by Gasteiger charge is 2.22. The lowest BCUT2D eigenvalue weighted by Gasteiger charge is -2.22. The Labute approximate surface area is 188 Å². The average molecular weight is 426 g/mol. The Kier molecular flexibility index (Phi) is 6.71. The highest BCUT2D eigenvalue weighted by molar-refractivity contribution is 5.89. The van der Waals surface area contributed by atoms with E-state index in [1.54, 1.807) is 6.07 Å². The third-order valence-electron chi connectivity index (χ3n) is 5.51. The van der Waals surface area contributed by atoms with Gasteiger partial charge in [0.15, 0.2) is 6.61 Å². The van der Waals surface area contributed by atoms with E-state index < -0.39 is 6.04 Å². The molecule has 4 aromatic rings. The van der Waals surface area contributed by atoms with Crippen molar-refractivity contribution >= 4 is 16.7 Å². The zero-order valence-corrected chi connectivity index (χ0v) is 18.1. The molecular weight excluding hydrogens is 398 g/mol. The van der Waals surface area contributed by atoms with Crippen LogP contribution < -0.4 is 10.1 Å². The number of carbonyl (C=O) groups is 1. The quantitative estimate of drug-likeness (QED) is 0.376. The molecule has 0 aliphatic heterocycles. The molecule has 0 heterocycles. The van der Waals surface area contributed by atoms with Gasteiger partial charge in [0.05, 0.1) is 6.04 Å². The van der Waals surface area contributed by atoms with E-state index in [1.165, 1.54) is 5.56 Å². The number of rotatable bonds is 8. The van der Waals surface area contributed by atoms with E-state index in [1.807, 2.05) is 84.9 Å². The van der Waals surface area contributed by atoms with Gasteiger partial charge in [0.2, 0.25) is 0 Å². The molecule has 0 spiro atoms. The Bertz CT molecular complexity index is 1190. The molecule has 0 fully saturated rings. The van der Waals surface area contributed by atoms with Gasteiger partial charge in [0, 0.05) is 5.56 Å². The van der Waals surface area contributed by atoms with Gasteiger partial charge in [0.1, 0.15) is 11.5 Å². The fourth-order valence-electron chi connectivity index (χ4n) is 3.95. The lowest BCUT2D eigenvalue weighted by Crippen LogP contribution is -2.33. The summed E-state index contributed by atoms with van der Waals surface area (Å²) >= 11 is 0. The number of hydrogen-bond donors (Lipinski definition) is 2. The molecule has 0 radical (unpaired) electrons. The number of phenols is 1. The van der Waals surface area contributed by atoms with E-state index in [0.717, 1.165) is 29.2 Å². The first kappa shape index (κ1) is 21.4. The van der Waals surface area contributed by atoms with E-state index in [-0.39, 0.29) is 18.3 Å². The fourth-order valence-corrected chi connectivity index (χ4v) is 3.95. The molecule has 0 saturated heterocycles. The Morgan fingerprint density at radius 1 is 0.906 bits per heavy atom. The molecule has 1 unspecified atom stereocenters. The minimum Gasteiger partial charge on any atom is -0.508 e. The van der Waals surface area contributed by atoms with Crippen LogP contribution in [0.4, 0.5) is 0 Å². The number of carbonyl (C=O) groups excluding carboxylic acids is 1. The predicted octanol–water partition coefficient (Wildman–Crippen LogP) is 5.78. The first-order valence-corrected chi connectivity index (χ1v) is 10.9. The van der Waals surface area contributed by atoms with Crippen LogP contribution in [0.5, 0.6) is 11.5 Å². The Morgan fingerprint density at radius 3 is 2.38 bits per heavy atom. The highest BCUT2D eigenvalue weighted by Crippen LogP contribution is 2.35. The number of fused-ring (bicyclic) bond motifs is 1. The molecule has 4 heteroatoms. The second-order valence-corrected chi connectivity index (χ2v) is 7.81. The van der Waals surface area contributed by atoms with Crippen LogP contribution in [0.3, 0.4) is 0 Å². The molecule has 0 aliphatic carbocycles. The minimum absolute atomic E-state index is 0.109. The van der Waals surface area contributed by atoms with Gasteiger partial charge in [-0.1, -0.05) is 86.1 Å². The first-order chi connectivity index (χ1) is 15.7. The number of nitrogens with one attached hydrogen (secondary N) is 1. The molecule has 2 N–H and O–H groups in total. The molecule has 1 atom stereocenters. The van der Waals surface area contributed by atoms with Crippen LogP contribution in [-0.2, 0) is 11.2 Å². The van der Waals surface area contributed by atoms with Gasteiger partial charge in [-0.3, -0.25) is 4.79 Å². The minimum atomic E-state index is -0.509. The molecule has 1 amide bonds. The fraction of sp³-hybridized carbons (Fsp3) is 0.179. The number of aromatic hydroxyl groups is 1. The van der Waals surface area contributed by atoms with E-state index in [0.29, 0.717) is 11.3 Å². The molecule has 4 aromatic carbocycles. The van der Waals surface area contributed by atoms with Crippen LogP contribution in [0.1, 0.15) is 36.1 Å². The van der Waals surface area contributed by atoms with Crippen molar-refractivity contribution in [3.63, 3.8) is 0 Å². The number of amides is 1. The summed E-state index contributed by atoms with van der Waals surface area (Å²) in [5, 5.41) is 15.7. The molecule has 0 aromatic heterocycles. The summed E-state index contributed by atoms with van der Waals surface area (Å²) in [7, 11) is 0. The zero-order chi connectivity index (χ0) is 22.3. The second-order valence-electron chi connectivity index (χ2n) is 7.81. The van der Waals surface area contributed by atoms with Crippen molar-refractivity contribution in [3.8, 4) is 11.5 Å². The van der Waals surface area contributed by atoms with Crippen molar-refractivity contribution in [2.75, 3.05) is 6.61 Å². The van der Waals surface area contributed by atoms with Crippen LogP contribution >= 0.6 is 0 Å². The zero-order valence-electron chi connectivity index (χ0n) is 18.1. The number of hydrogen-bond acceptors (Lipinski definition) is 3. The number of ether oxygens (including phenoxy) is 1. The summed E-state index contributed by atoms with van der Waals surface area (Å²) in [5.41, 5.74) is 2.81. The summed E-state index contributed by atoms with van der Waals surface area (Å²) in [6.07, 6.45) is 2.11. The van der Waals surface area contributed by atoms with E-state index >= 15 is 0 Å². The molecule has 162 valence electrons. The molecule has 0 aliphatic rings. The van der Waals surface area contributed by atoms with Crippen LogP contribution in [0, 0.1) is 0 Å². The summed E-state index contributed by atoms with van der Waals surface area (Å²) in [5.74, 6) is 0.540. The smallest absolute Gasteiger partial charge is 0.258 e. The van der Waals surface area contributed by atoms with Gasteiger partial charge >= 0.3 is 0 Å². The Balaban J connectivity index is 1.57. The van der Waals surface area contributed by atoms with E-state index in [4.69, 9.17) is 4.74 Å². The summed E-state index contributed by atoms with van der Waals surface area (Å²) in [6.45, 7) is 2.04. The van der Waals surface area contributed by atoms with E-state index in [2.05, 4.69) is 12.2 Å².